The maximum atomic E-state index is 10.3. The van der Waals surface area contributed by atoms with Gasteiger partial charge in [0.1, 0.15) is 5.75 Å². The molecule has 2 N–H and O–H groups in total. The number of benzene rings is 1. The lowest BCUT2D eigenvalue weighted by atomic mass is 9.86. The molecular weight excluding hydrogens is 238 g/mol. The first kappa shape index (κ1) is 12.9. The summed E-state index contributed by atoms with van der Waals surface area (Å²) in [6.45, 7) is 6.57. The highest BCUT2D eigenvalue weighted by Crippen LogP contribution is 2.53. The Morgan fingerprint density at radius 3 is 2.74 bits per heavy atom. The molecule has 0 aromatic heterocycles. The van der Waals surface area contributed by atoms with Crippen LogP contribution in [0, 0.1) is 0 Å². The summed E-state index contributed by atoms with van der Waals surface area (Å²) in [5.41, 5.74) is 2.29. The summed E-state index contributed by atoms with van der Waals surface area (Å²) in [7, 11) is 0. The van der Waals surface area contributed by atoms with Crippen LogP contribution in [0.15, 0.2) is 18.2 Å². The summed E-state index contributed by atoms with van der Waals surface area (Å²) < 4.78 is 0. The van der Waals surface area contributed by atoms with Gasteiger partial charge in [-0.05, 0) is 49.4 Å². The number of β-amino-alcohol motifs (C(OH)–C–C–N with tert-alkyl or cyclic N) is 1. The lowest BCUT2D eigenvalue weighted by Crippen LogP contribution is -2.46. The number of aromatic hydroxyl groups is 1. The van der Waals surface area contributed by atoms with E-state index in [1.807, 2.05) is 26.0 Å². The molecule has 1 aromatic rings. The van der Waals surface area contributed by atoms with E-state index >= 15 is 0 Å². The molecule has 1 saturated carbocycles. The number of aliphatic hydroxyl groups is 1. The molecule has 1 aliphatic carbocycles. The second-order valence-electron chi connectivity index (χ2n) is 6.62. The highest BCUT2D eigenvalue weighted by molar-refractivity contribution is 5.45. The highest BCUT2D eigenvalue weighted by atomic mass is 16.3. The van der Waals surface area contributed by atoms with E-state index in [2.05, 4.69) is 4.90 Å². The van der Waals surface area contributed by atoms with Crippen LogP contribution < -0.4 is 0 Å². The maximum Gasteiger partial charge on any atom is 0.115 e. The zero-order valence-electron chi connectivity index (χ0n) is 11.8. The van der Waals surface area contributed by atoms with E-state index in [-0.39, 0.29) is 5.41 Å². The zero-order chi connectivity index (χ0) is 13.7. The van der Waals surface area contributed by atoms with E-state index in [4.69, 9.17) is 0 Å². The minimum absolute atomic E-state index is 0.246. The van der Waals surface area contributed by atoms with Crippen molar-refractivity contribution in [2.75, 3.05) is 13.1 Å². The average Bonchev–Trinajstić information content (AvgIpc) is 3.10. The third kappa shape index (κ3) is 2.37. The van der Waals surface area contributed by atoms with Crippen molar-refractivity contribution < 1.29 is 10.2 Å². The summed E-state index contributed by atoms with van der Waals surface area (Å²) in [5, 5.41) is 20.0. The van der Waals surface area contributed by atoms with Crippen LogP contribution in [0.4, 0.5) is 0 Å². The molecule has 3 nitrogen and oxygen atoms in total. The van der Waals surface area contributed by atoms with Gasteiger partial charge >= 0.3 is 0 Å². The average molecular weight is 261 g/mol. The van der Waals surface area contributed by atoms with Crippen molar-refractivity contribution in [2.24, 2.45) is 0 Å². The van der Waals surface area contributed by atoms with Crippen LogP contribution in [0.3, 0.4) is 0 Å². The van der Waals surface area contributed by atoms with E-state index in [0.717, 1.165) is 26.1 Å². The molecule has 1 spiro atoms. The van der Waals surface area contributed by atoms with Gasteiger partial charge in [0, 0.05) is 25.0 Å². The van der Waals surface area contributed by atoms with Crippen LogP contribution >= 0.6 is 0 Å². The first-order chi connectivity index (χ1) is 8.94. The first-order valence-corrected chi connectivity index (χ1v) is 7.21. The minimum Gasteiger partial charge on any atom is -0.508 e. The molecule has 3 heteroatoms. The SMILES string of the molecule is CCC(C)(O)CN1Cc2ccc(O)cc2C2(CC2)C1. The number of rotatable bonds is 3. The van der Waals surface area contributed by atoms with E-state index in [1.165, 1.54) is 24.0 Å². The number of nitrogens with zero attached hydrogens (tertiary/aromatic N) is 1. The fourth-order valence-corrected chi connectivity index (χ4v) is 3.29. The third-order valence-electron chi connectivity index (χ3n) is 4.76. The number of fused-ring (bicyclic) bond motifs is 2. The predicted molar refractivity (Wildman–Crippen MR) is 75.2 cm³/mol. The van der Waals surface area contributed by atoms with E-state index in [9.17, 15) is 10.2 Å². The molecule has 1 heterocycles. The molecule has 19 heavy (non-hydrogen) atoms. The monoisotopic (exact) mass is 261 g/mol. The van der Waals surface area contributed by atoms with Gasteiger partial charge < -0.3 is 10.2 Å². The molecule has 1 aliphatic heterocycles. The van der Waals surface area contributed by atoms with Crippen molar-refractivity contribution in [2.45, 2.75) is 50.7 Å². The topological polar surface area (TPSA) is 43.7 Å². The van der Waals surface area contributed by atoms with Crippen LogP contribution in [0.25, 0.3) is 0 Å². The molecule has 1 unspecified atom stereocenters. The van der Waals surface area contributed by atoms with E-state index in [1.54, 1.807) is 6.07 Å². The largest absolute Gasteiger partial charge is 0.508 e. The van der Waals surface area contributed by atoms with E-state index in [0.29, 0.717) is 5.75 Å². The Bertz CT molecular complexity index is 492. The van der Waals surface area contributed by atoms with Crippen LogP contribution in [-0.2, 0) is 12.0 Å². The van der Waals surface area contributed by atoms with E-state index < -0.39 is 5.60 Å². The lowest BCUT2D eigenvalue weighted by Gasteiger charge is -2.38. The molecule has 1 fully saturated rings. The molecule has 0 radical (unpaired) electrons. The van der Waals surface area contributed by atoms with Gasteiger partial charge in [0.25, 0.3) is 0 Å². The zero-order valence-corrected chi connectivity index (χ0v) is 11.8. The number of phenolic OH excluding ortho intramolecular Hbond substituents is 1. The van der Waals surface area contributed by atoms with Crippen LogP contribution in [0.1, 0.15) is 44.2 Å². The maximum absolute atomic E-state index is 10.3. The Kier molecular flexibility index (Phi) is 2.88. The van der Waals surface area contributed by atoms with Gasteiger partial charge in [-0.15, -0.1) is 0 Å². The summed E-state index contributed by atoms with van der Waals surface area (Å²) in [6.07, 6.45) is 3.18. The Labute approximate surface area is 114 Å². The Morgan fingerprint density at radius 1 is 1.37 bits per heavy atom. The lowest BCUT2D eigenvalue weighted by molar-refractivity contribution is 0.00855. The number of hydrogen-bond acceptors (Lipinski definition) is 3. The molecule has 0 amide bonds. The van der Waals surface area contributed by atoms with Crippen LogP contribution in [0.2, 0.25) is 0 Å². The molecule has 1 aromatic carbocycles. The van der Waals surface area contributed by atoms with Crippen LogP contribution in [0.5, 0.6) is 5.75 Å². The standard InChI is InChI=1S/C16H23NO2/c1-3-15(2,19)10-17-9-12-4-5-13(18)8-14(12)16(11-17)6-7-16/h4-5,8,18-19H,3,6-7,9-11H2,1-2H3. The fourth-order valence-electron chi connectivity index (χ4n) is 3.29. The van der Waals surface area contributed by atoms with Gasteiger partial charge in [-0.2, -0.15) is 0 Å². The summed E-state index contributed by atoms with van der Waals surface area (Å²) >= 11 is 0. The quantitative estimate of drug-likeness (QED) is 0.878. The predicted octanol–water partition coefficient (Wildman–Crippen LogP) is 2.40. The van der Waals surface area contributed by atoms with Crippen molar-refractivity contribution in [3.05, 3.63) is 29.3 Å². The highest BCUT2D eigenvalue weighted by Gasteiger charge is 2.49. The second-order valence-corrected chi connectivity index (χ2v) is 6.62. The Morgan fingerprint density at radius 2 is 2.11 bits per heavy atom. The summed E-state index contributed by atoms with van der Waals surface area (Å²) in [6, 6.07) is 5.76. The number of phenols is 1. The smallest absolute Gasteiger partial charge is 0.115 e. The second kappa shape index (κ2) is 4.22. The van der Waals surface area contributed by atoms with Crippen LogP contribution in [-0.4, -0.2) is 33.8 Å². The third-order valence-corrected chi connectivity index (χ3v) is 4.76. The van der Waals surface area contributed by atoms with Crippen molar-refractivity contribution in [1.82, 2.24) is 4.90 Å². The molecule has 104 valence electrons. The van der Waals surface area contributed by atoms with Crippen molar-refractivity contribution in [3.63, 3.8) is 0 Å². The molecule has 3 rings (SSSR count). The van der Waals surface area contributed by atoms with Gasteiger partial charge in [0.05, 0.1) is 5.60 Å². The molecule has 1 atom stereocenters. The Hall–Kier alpha value is -1.06. The van der Waals surface area contributed by atoms with Gasteiger partial charge in [0.15, 0.2) is 0 Å². The van der Waals surface area contributed by atoms with Crippen molar-refractivity contribution in [1.29, 1.82) is 0 Å². The number of hydrogen-bond donors (Lipinski definition) is 2. The molecule has 2 aliphatic rings. The minimum atomic E-state index is -0.607. The molecular formula is C16H23NO2. The fraction of sp³-hybridized carbons (Fsp3) is 0.625. The molecule has 0 bridgehead atoms. The summed E-state index contributed by atoms with van der Waals surface area (Å²) in [5.74, 6) is 0.374. The van der Waals surface area contributed by atoms with Gasteiger partial charge in [-0.3, -0.25) is 4.90 Å². The van der Waals surface area contributed by atoms with Crippen molar-refractivity contribution in [3.8, 4) is 5.75 Å². The van der Waals surface area contributed by atoms with Crippen molar-refractivity contribution >= 4 is 0 Å². The van der Waals surface area contributed by atoms with Gasteiger partial charge in [-0.1, -0.05) is 13.0 Å². The van der Waals surface area contributed by atoms with Gasteiger partial charge in [0.2, 0.25) is 0 Å². The Balaban J connectivity index is 1.86. The normalized spacial score (nSPS) is 23.9. The molecule has 0 saturated heterocycles. The van der Waals surface area contributed by atoms with Gasteiger partial charge in [-0.25, -0.2) is 0 Å². The summed E-state index contributed by atoms with van der Waals surface area (Å²) in [4.78, 5) is 2.37. The first-order valence-electron chi connectivity index (χ1n) is 7.21.